The van der Waals surface area contributed by atoms with E-state index in [1.807, 2.05) is 42.2 Å². The molecule has 0 saturated carbocycles. The number of rotatable bonds is 4. The molecule has 0 aromatic heterocycles. The number of hydrogen-bond donors (Lipinski definition) is 0. The minimum absolute atomic E-state index is 0.00307. The third-order valence-corrected chi connectivity index (χ3v) is 5.15. The molecule has 0 N–H and O–H groups in total. The van der Waals surface area contributed by atoms with Crippen molar-refractivity contribution >= 4 is 11.8 Å². The Morgan fingerprint density at radius 1 is 1.24 bits per heavy atom. The second kappa shape index (κ2) is 7.87. The summed E-state index contributed by atoms with van der Waals surface area (Å²) in [5, 5.41) is 0. The first-order chi connectivity index (χ1) is 12.1. The van der Waals surface area contributed by atoms with Gasteiger partial charge in [-0.25, -0.2) is 0 Å². The van der Waals surface area contributed by atoms with Crippen molar-refractivity contribution in [3.63, 3.8) is 0 Å². The van der Waals surface area contributed by atoms with E-state index in [-0.39, 0.29) is 24.0 Å². The molecule has 1 aromatic rings. The van der Waals surface area contributed by atoms with Crippen LogP contribution in [0.25, 0.3) is 0 Å². The van der Waals surface area contributed by atoms with Crippen LogP contribution in [0.2, 0.25) is 0 Å². The van der Waals surface area contributed by atoms with Crippen LogP contribution in [0, 0.1) is 0 Å². The maximum atomic E-state index is 12.7. The molecule has 2 aliphatic heterocycles. The van der Waals surface area contributed by atoms with Crippen LogP contribution < -0.4 is 4.74 Å². The molecule has 2 aliphatic rings. The van der Waals surface area contributed by atoms with Gasteiger partial charge in [-0.05, 0) is 31.9 Å². The lowest BCUT2D eigenvalue weighted by Crippen LogP contribution is -2.59. The smallest absolute Gasteiger partial charge is 0.260 e. The minimum atomic E-state index is -0.303. The average Bonchev–Trinajstić information content (AvgIpc) is 2.77. The van der Waals surface area contributed by atoms with Crippen molar-refractivity contribution in [3.05, 3.63) is 30.3 Å². The number of ether oxygens (including phenoxy) is 2. The van der Waals surface area contributed by atoms with E-state index in [2.05, 4.69) is 0 Å². The average molecular weight is 346 g/mol. The normalized spacial score (nSPS) is 20.4. The van der Waals surface area contributed by atoms with Crippen LogP contribution in [-0.4, -0.2) is 66.6 Å². The van der Waals surface area contributed by atoms with Gasteiger partial charge in [0.15, 0.2) is 6.61 Å². The fraction of sp³-hybridized carbons (Fsp3) is 0.579. The van der Waals surface area contributed by atoms with Gasteiger partial charge in [-0.2, -0.15) is 0 Å². The van der Waals surface area contributed by atoms with Crippen molar-refractivity contribution in [2.24, 2.45) is 0 Å². The Balaban J connectivity index is 1.70. The van der Waals surface area contributed by atoms with Crippen LogP contribution in [0.4, 0.5) is 0 Å². The highest BCUT2D eigenvalue weighted by Crippen LogP contribution is 2.32. The van der Waals surface area contributed by atoms with E-state index in [9.17, 15) is 9.59 Å². The van der Waals surface area contributed by atoms with Crippen molar-refractivity contribution < 1.29 is 19.1 Å². The maximum absolute atomic E-state index is 12.7. The molecular formula is C19H26N2O4. The van der Waals surface area contributed by atoms with Crippen molar-refractivity contribution in [1.29, 1.82) is 0 Å². The molecule has 2 amide bonds. The number of hydrogen-bond acceptors (Lipinski definition) is 4. The zero-order valence-electron chi connectivity index (χ0n) is 14.8. The molecule has 0 radical (unpaired) electrons. The Labute approximate surface area is 148 Å². The van der Waals surface area contributed by atoms with Crippen LogP contribution in [0.3, 0.4) is 0 Å². The highest BCUT2D eigenvalue weighted by atomic mass is 16.5. The summed E-state index contributed by atoms with van der Waals surface area (Å²) in [4.78, 5) is 29.0. The Bertz CT molecular complexity index is 599. The lowest BCUT2D eigenvalue weighted by atomic mass is 9.87. The topological polar surface area (TPSA) is 59.1 Å². The van der Waals surface area contributed by atoms with E-state index in [0.29, 0.717) is 45.0 Å². The van der Waals surface area contributed by atoms with Crippen molar-refractivity contribution in [2.75, 3.05) is 39.5 Å². The molecule has 2 heterocycles. The van der Waals surface area contributed by atoms with Crippen molar-refractivity contribution in [3.8, 4) is 5.75 Å². The summed E-state index contributed by atoms with van der Waals surface area (Å²) in [5.41, 5.74) is -0.303. The van der Waals surface area contributed by atoms with Gasteiger partial charge in [-0.15, -0.1) is 0 Å². The van der Waals surface area contributed by atoms with E-state index < -0.39 is 0 Å². The van der Waals surface area contributed by atoms with Crippen molar-refractivity contribution in [1.82, 2.24) is 9.80 Å². The monoisotopic (exact) mass is 346 g/mol. The summed E-state index contributed by atoms with van der Waals surface area (Å²) in [6.07, 6.45) is 1.92. The van der Waals surface area contributed by atoms with Gasteiger partial charge < -0.3 is 19.3 Å². The number of carbonyl (C=O) groups excluding carboxylic acids is 2. The van der Waals surface area contributed by atoms with E-state index in [1.165, 1.54) is 0 Å². The van der Waals surface area contributed by atoms with E-state index >= 15 is 0 Å². The van der Waals surface area contributed by atoms with Gasteiger partial charge in [0.2, 0.25) is 5.91 Å². The Morgan fingerprint density at radius 3 is 2.64 bits per heavy atom. The van der Waals surface area contributed by atoms with E-state index in [1.54, 1.807) is 4.90 Å². The first-order valence-electron chi connectivity index (χ1n) is 8.98. The quantitative estimate of drug-likeness (QED) is 0.833. The van der Waals surface area contributed by atoms with Crippen LogP contribution in [-0.2, 0) is 14.3 Å². The molecule has 6 nitrogen and oxygen atoms in total. The highest BCUT2D eigenvalue weighted by molar-refractivity contribution is 5.82. The molecule has 1 aromatic carbocycles. The van der Waals surface area contributed by atoms with Gasteiger partial charge >= 0.3 is 0 Å². The number of carbonyl (C=O) groups is 2. The summed E-state index contributed by atoms with van der Waals surface area (Å²) in [7, 11) is 0. The van der Waals surface area contributed by atoms with Gasteiger partial charge in [0.25, 0.3) is 5.91 Å². The Hall–Kier alpha value is -2.08. The molecule has 1 spiro atoms. The van der Waals surface area contributed by atoms with Crippen LogP contribution in [0.15, 0.2) is 30.3 Å². The maximum Gasteiger partial charge on any atom is 0.260 e. The largest absolute Gasteiger partial charge is 0.484 e. The number of nitrogens with zero attached hydrogens (tertiary/aromatic N) is 2. The SMILES string of the molecule is CCN1C(=O)CCN(C(=O)COc2ccccc2)CC12CCOCC2. The van der Waals surface area contributed by atoms with Gasteiger partial charge in [-0.3, -0.25) is 9.59 Å². The number of likely N-dealkylation sites (N-methyl/N-ethyl adjacent to an activating group) is 1. The molecular weight excluding hydrogens is 320 g/mol. The van der Waals surface area contributed by atoms with Crippen LogP contribution in [0.5, 0.6) is 5.75 Å². The number of amides is 2. The standard InChI is InChI=1S/C19H26N2O4/c1-2-21-17(22)8-11-20(15-19(21)9-12-24-13-10-19)18(23)14-25-16-6-4-3-5-7-16/h3-7H,2,8-15H2,1H3. The van der Waals surface area contributed by atoms with E-state index in [0.717, 1.165) is 12.8 Å². The second-order valence-corrected chi connectivity index (χ2v) is 6.64. The first-order valence-corrected chi connectivity index (χ1v) is 8.98. The molecule has 0 unspecified atom stereocenters. The fourth-order valence-electron chi connectivity index (χ4n) is 3.81. The number of para-hydroxylation sites is 1. The zero-order chi connectivity index (χ0) is 17.7. The summed E-state index contributed by atoms with van der Waals surface area (Å²) in [6.45, 7) is 4.95. The second-order valence-electron chi connectivity index (χ2n) is 6.64. The molecule has 2 fully saturated rings. The molecule has 6 heteroatoms. The summed E-state index contributed by atoms with van der Waals surface area (Å²) >= 11 is 0. The summed E-state index contributed by atoms with van der Waals surface area (Å²) in [6, 6.07) is 9.32. The van der Waals surface area contributed by atoms with Crippen molar-refractivity contribution in [2.45, 2.75) is 31.7 Å². The molecule has 25 heavy (non-hydrogen) atoms. The van der Waals surface area contributed by atoms with Gasteiger partial charge in [0, 0.05) is 39.3 Å². The number of benzene rings is 1. The summed E-state index contributed by atoms with van der Waals surface area (Å²) < 4.78 is 11.1. The predicted octanol–water partition coefficient (Wildman–Crippen LogP) is 1.70. The molecule has 0 atom stereocenters. The van der Waals surface area contributed by atoms with E-state index in [4.69, 9.17) is 9.47 Å². The van der Waals surface area contributed by atoms with Gasteiger partial charge in [0.1, 0.15) is 5.75 Å². The first kappa shape index (κ1) is 17.7. The summed E-state index contributed by atoms with van der Waals surface area (Å²) in [5.74, 6) is 0.738. The van der Waals surface area contributed by atoms with Crippen LogP contribution >= 0.6 is 0 Å². The molecule has 0 bridgehead atoms. The lowest BCUT2D eigenvalue weighted by Gasteiger charge is -2.46. The minimum Gasteiger partial charge on any atom is -0.484 e. The fourth-order valence-corrected chi connectivity index (χ4v) is 3.81. The molecule has 136 valence electrons. The van der Waals surface area contributed by atoms with Crippen LogP contribution in [0.1, 0.15) is 26.2 Å². The third kappa shape index (κ3) is 3.95. The lowest BCUT2D eigenvalue weighted by molar-refractivity contribution is -0.142. The zero-order valence-corrected chi connectivity index (χ0v) is 14.8. The van der Waals surface area contributed by atoms with Gasteiger partial charge in [-0.1, -0.05) is 18.2 Å². The molecule has 0 aliphatic carbocycles. The Morgan fingerprint density at radius 2 is 1.96 bits per heavy atom. The Kier molecular flexibility index (Phi) is 5.58. The third-order valence-electron chi connectivity index (χ3n) is 5.15. The van der Waals surface area contributed by atoms with Gasteiger partial charge in [0.05, 0.1) is 5.54 Å². The predicted molar refractivity (Wildman–Crippen MR) is 93.3 cm³/mol. The molecule has 2 saturated heterocycles. The molecule has 3 rings (SSSR count). The highest BCUT2D eigenvalue weighted by Gasteiger charge is 2.44.